The van der Waals surface area contributed by atoms with Gasteiger partial charge in [0.05, 0.1) is 17.8 Å². The first kappa shape index (κ1) is 12.0. The van der Waals surface area contributed by atoms with Gasteiger partial charge in [0.25, 0.3) is 0 Å². The zero-order valence-electron chi connectivity index (χ0n) is 10.1. The van der Waals surface area contributed by atoms with Crippen molar-refractivity contribution in [2.75, 3.05) is 5.32 Å². The molecule has 2 aromatic rings. The molecule has 3 N–H and O–H groups in total. The second-order valence-electron chi connectivity index (χ2n) is 3.92. The number of carbonyl (C=O) groups is 1. The van der Waals surface area contributed by atoms with E-state index < -0.39 is 5.91 Å². The molecule has 0 unspecified atom stereocenters. The first-order chi connectivity index (χ1) is 8.66. The molecule has 5 nitrogen and oxygen atoms in total. The summed E-state index contributed by atoms with van der Waals surface area (Å²) in [5.41, 5.74) is 7.63. The molecule has 18 heavy (non-hydrogen) atoms. The minimum Gasteiger partial charge on any atom is -0.366 e. The standard InChI is InChI=1S/C13H14N4O/c1-9-3-2-6-15-11(9)8-17-12-5-4-10(7-16-12)13(14)18/h2-7H,8H2,1H3,(H2,14,18)(H,16,17). The number of rotatable bonds is 4. The van der Waals surface area contributed by atoms with Gasteiger partial charge in [0.2, 0.25) is 5.91 Å². The van der Waals surface area contributed by atoms with Gasteiger partial charge in [-0.05, 0) is 30.7 Å². The van der Waals surface area contributed by atoms with E-state index in [4.69, 9.17) is 5.73 Å². The van der Waals surface area contributed by atoms with Gasteiger partial charge in [-0.2, -0.15) is 0 Å². The molecule has 0 bridgehead atoms. The molecular formula is C13H14N4O. The largest absolute Gasteiger partial charge is 0.366 e. The van der Waals surface area contributed by atoms with Gasteiger partial charge in [-0.25, -0.2) is 4.98 Å². The van der Waals surface area contributed by atoms with E-state index in [-0.39, 0.29) is 0 Å². The van der Waals surface area contributed by atoms with Gasteiger partial charge in [0.1, 0.15) is 5.82 Å². The number of hydrogen-bond donors (Lipinski definition) is 2. The van der Waals surface area contributed by atoms with Crippen LogP contribution in [0.15, 0.2) is 36.7 Å². The highest BCUT2D eigenvalue weighted by molar-refractivity contribution is 5.92. The molecule has 0 saturated heterocycles. The molecule has 0 aliphatic rings. The Bertz CT molecular complexity index is 551. The van der Waals surface area contributed by atoms with Crippen molar-refractivity contribution in [1.82, 2.24) is 9.97 Å². The maximum absolute atomic E-state index is 10.9. The molecule has 92 valence electrons. The molecule has 0 fully saturated rings. The van der Waals surface area contributed by atoms with Crippen LogP contribution in [0.25, 0.3) is 0 Å². The Morgan fingerprint density at radius 3 is 2.78 bits per heavy atom. The molecule has 2 rings (SSSR count). The van der Waals surface area contributed by atoms with Crippen molar-refractivity contribution in [1.29, 1.82) is 0 Å². The van der Waals surface area contributed by atoms with Gasteiger partial charge >= 0.3 is 0 Å². The van der Waals surface area contributed by atoms with E-state index in [0.717, 1.165) is 11.3 Å². The number of aromatic nitrogens is 2. The van der Waals surface area contributed by atoms with Gasteiger partial charge in [-0.1, -0.05) is 6.07 Å². The second-order valence-corrected chi connectivity index (χ2v) is 3.92. The third kappa shape index (κ3) is 2.82. The summed E-state index contributed by atoms with van der Waals surface area (Å²) in [7, 11) is 0. The summed E-state index contributed by atoms with van der Waals surface area (Å²) < 4.78 is 0. The molecule has 5 heteroatoms. The van der Waals surface area contributed by atoms with Gasteiger partial charge in [0.15, 0.2) is 0 Å². The van der Waals surface area contributed by atoms with E-state index in [2.05, 4.69) is 15.3 Å². The van der Waals surface area contributed by atoms with Gasteiger partial charge in [-0.3, -0.25) is 9.78 Å². The topological polar surface area (TPSA) is 80.9 Å². The number of carbonyl (C=O) groups excluding carboxylic acids is 1. The lowest BCUT2D eigenvalue weighted by Gasteiger charge is -2.07. The zero-order valence-corrected chi connectivity index (χ0v) is 10.1. The average Bonchev–Trinajstić information content (AvgIpc) is 2.38. The number of amides is 1. The molecule has 0 spiro atoms. The molecular weight excluding hydrogens is 228 g/mol. The Kier molecular flexibility index (Phi) is 3.52. The first-order valence-corrected chi connectivity index (χ1v) is 5.57. The van der Waals surface area contributed by atoms with Crippen LogP contribution in [0.5, 0.6) is 0 Å². The fourth-order valence-electron chi connectivity index (χ4n) is 1.52. The number of aryl methyl sites for hydroxylation is 1. The fraction of sp³-hybridized carbons (Fsp3) is 0.154. The molecule has 0 atom stereocenters. The second kappa shape index (κ2) is 5.27. The highest BCUT2D eigenvalue weighted by atomic mass is 16.1. The zero-order chi connectivity index (χ0) is 13.0. The van der Waals surface area contributed by atoms with Crippen LogP contribution in [0.1, 0.15) is 21.6 Å². The minimum atomic E-state index is -0.477. The van der Waals surface area contributed by atoms with E-state index >= 15 is 0 Å². The lowest BCUT2D eigenvalue weighted by atomic mass is 10.2. The molecule has 2 aromatic heterocycles. The smallest absolute Gasteiger partial charge is 0.250 e. The molecule has 0 aliphatic carbocycles. The van der Waals surface area contributed by atoms with Crippen molar-refractivity contribution in [2.45, 2.75) is 13.5 Å². The highest BCUT2D eigenvalue weighted by Gasteiger charge is 2.02. The highest BCUT2D eigenvalue weighted by Crippen LogP contribution is 2.08. The van der Waals surface area contributed by atoms with Crippen molar-refractivity contribution in [3.05, 3.63) is 53.5 Å². The Morgan fingerprint density at radius 1 is 1.33 bits per heavy atom. The monoisotopic (exact) mass is 242 g/mol. The van der Waals surface area contributed by atoms with E-state index in [1.165, 1.54) is 6.20 Å². The average molecular weight is 242 g/mol. The molecule has 0 saturated carbocycles. The number of primary amides is 1. The number of anilines is 1. The van der Waals surface area contributed by atoms with E-state index in [9.17, 15) is 4.79 Å². The van der Waals surface area contributed by atoms with Crippen LogP contribution < -0.4 is 11.1 Å². The van der Waals surface area contributed by atoms with Gasteiger partial charge in [0, 0.05) is 12.4 Å². The minimum absolute atomic E-state index is 0.398. The van der Waals surface area contributed by atoms with Crippen LogP contribution in [0, 0.1) is 6.92 Å². The third-order valence-corrected chi connectivity index (χ3v) is 2.60. The molecule has 0 aliphatic heterocycles. The summed E-state index contributed by atoms with van der Waals surface area (Å²) in [6, 6.07) is 7.27. The van der Waals surface area contributed by atoms with E-state index in [1.54, 1.807) is 18.3 Å². The van der Waals surface area contributed by atoms with Crippen molar-refractivity contribution in [3.8, 4) is 0 Å². The van der Waals surface area contributed by atoms with Crippen molar-refractivity contribution in [3.63, 3.8) is 0 Å². The van der Waals surface area contributed by atoms with Gasteiger partial charge in [-0.15, -0.1) is 0 Å². The third-order valence-electron chi connectivity index (χ3n) is 2.60. The lowest BCUT2D eigenvalue weighted by molar-refractivity contribution is 0.1000. The Hall–Kier alpha value is -2.43. The summed E-state index contributed by atoms with van der Waals surface area (Å²) in [6.07, 6.45) is 3.21. The first-order valence-electron chi connectivity index (χ1n) is 5.57. The molecule has 0 aromatic carbocycles. The molecule has 0 radical (unpaired) electrons. The number of nitrogens with zero attached hydrogens (tertiary/aromatic N) is 2. The summed E-state index contributed by atoms with van der Waals surface area (Å²) in [4.78, 5) is 19.3. The number of hydrogen-bond acceptors (Lipinski definition) is 4. The van der Waals surface area contributed by atoms with Crippen molar-refractivity contribution in [2.24, 2.45) is 5.73 Å². The van der Waals surface area contributed by atoms with Gasteiger partial charge < -0.3 is 11.1 Å². The van der Waals surface area contributed by atoms with E-state index in [0.29, 0.717) is 17.9 Å². The van der Waals surface area contributed by atoms with Crippen LogP contribution in [-0.4, -0.2) is 15.9 Å². The molecule has 1 amide bonds. The fourth-order valence-corrected chi connectivity index (χ4v) is 1.52. The van der Waals surface area contributed by atoms with Crippen LogP contribution >= 0.6 is 0 Å². The summed E-state index contributed by atoms with van der Waals surface area (Å²) in [5, 5.41) is 3.14. The maximum Gasteiger partial charge on any atom is 0.250 e. The summed E-state index contributed by atoms with van der Waals surface area (Å²) in [6.45, 7) is 2.60. The predicted octanol–water partition coefficient (Wildman–Crippen LogP) is 1.50. The maximum atomic E-state index is 10.9. The Balaban J connectivity index is 2.02. The van der Waals surface area contributed by atoms with E-state index in [1.807, 2.05) is 19.1 Å². The van der Waals surface area contributed by atoms with Crippen molar-refractivity contribution < 1.29 is 4.79 Å². The molecule has 2 heterocycles. The van der Waals surface area contributed by atoms with Crippen LogP contribution in [0.2, 0.25) is 0 Å². The number of pyridine rings is 2. The number of nitrogens with two attached hydrogens (primary N) is 1. The number of nitrogens with one attached hydrogen (secondary N) is 1. The summed E-state index contributed by atoms with van der Waals surface area (Å²) in [5.74, 6) is 0.208. The summed E-state index contributed by atoms with van der Waals surface area (Å²) >= 11 is 0. The van der Waals surface area contributed by atoms with Crippen LogP contribution in [-0.2, 0) is 6.54 Å². The quantitative estimate of drug-likeness (QED) is 0.851. The van der Waals surface area contributed by atoms with Crippen LogP contribution in [0.3, 0.4) is 0 Å². The lowest BCUT2D eigenvalue weighted by Crippen LogP contribution is -2.11. The Morgan fingerprint density at radius 2 is 2.17 bits per heavy atom. The van der Waals surface area contributed by atoms with Crippen LogP contribution in [0.4, 0.5) is 5.82 Å². The normalized spacial score (nSPS) is 10.1. The Labute approximate surface area is 105 Å². The van der Waals surface area contributed by atoms with Crippen molar-refractivity contribution >= 4 is 11.7 Å². The SMILES string of the molecule is Cc1cccnc1CNc1ccc(C(N)=O)cn1. The predicted molar refractivity (Wildman–Crippen MR) is 69.1 cm³/mol.